The Balaban J connectivity index is 1.81. The molecule has 0 saturated heterocycles. The Morgan fingerprint density at radius 1 is 0.478 bits per heavy atom. The Labute approximate surface area is 141 Å². The van der Waals surface area contributed by atoms with E-state index in [1.165, 1.54) is 0 Å². The van der Waals surface area contributed by atoms with Crippen molar-refractivity contribution in [3.8, 4) is 23.7 Å². The molecule has 0 N–H and O–H groups in total. The Hall–Kier alpha value is -2.93. The van der Waals surface area contributed by atoms with Gasteiger partial charge in [0.05, 0.1) is 0 Å². The van der Waals surface area contributed by atoms with E-state index in [9.17, 15) is 0 Å². The van der Waals surface area contributed by atoms with Crippen molar-refractivity contribution < 1.29 is 0 Å². The maximum atomic E-state index is 5.87. The molecule has 0 spiro atoms. The zero-order chi connectivity index (χ0) is 15.9. The highest BCUT2D eigenvalue weighted by molar-refractivity contribution is 6.30. The first-order valence-electron chi connectivity index (χ1n) is 7.24. The first-order chi connectivity index (χ1) is 11.3. The molecule has 0 radical (unpaired) electrons. The molecule has 3 aromatic carbocycles. The normalized spacial score (nSPS) is 9.26. The molecular weight excluding hydrogens is 300 g/mol. The minimum atomic E-state index is 0.716. The maximum absolute atomic E-state index is 5.87. The zero-order valence-electron chi connectivity index (χ0n) is 12.4. The quantitative estimate of drug-likeness (QED) is 0.504. The summed E-state index contributed by atoms with van der Waals surface area (Å²) in [6, 6.07) is 25.4. The standard InChI is InChI=1S/C22H13Cl/c23-22-15-13-19(14-16-22)10-12-21-8-4-7-20(17-21)11-9-18-5-2-1-3-6-18/h1-8,13-17H. The number of rotatable bonds is 0. The van der Waals surface area contributed by atoms with Crippen LogP contribution >= 0.6 is 11.6 Å². The van der Waals surface area contributed by atoms with E-state index in [1.54, 1.807) is 0 Å². The van der Waals surface area contributed by atoms with Crippen LogP contribution in [0.2, 0.25) is 5.02 Å². The lowest BCUT2D eigenvalue weighted by Crippen LogP contribution is -1.80. The van der Waals surface area contributed by atoms with Gasteiger partial charge in [0.2, 0.25) is 0 Å². The summed E-state index contributed by atoms with van der Waals surface area (Å²) in [5, 5.41) is 0.716. The molecule has 3 aromatic rings. The smallest absolute Gasteiger partial charge is 0.0406 e. The molecule has 3 rings (SSSR count). The van der Waals surface area contributed by atoms with Crippen molar-refractivity contribution in [2.75, 3.05) is 0 Å². The zero-order valence-corrected chi connectivity index (χ0v) is 13.1. The monoisotopic (exact) mass is 312 g/mol. The average molecular weight is 313 g/mol. The van der Waals surface area contributed by atoms with Crippen LogP contribution in [-0.2, 0) is 0 Å². The summed E-state index contributed by atoms with van der Waals surface area (Å²) in [5.41, 5.74) is 3.84. The van der Waals surface area contributed by atoms with Gasteiger partial charge in [-0.2, -0.15) is 0 Å². The summed E-state index contributed by atoms with van der Waals surface area (Å²) in [6.07, 6.45) is 0. The largest absolute Gasteiger partial charge is 0.0843 e. The third kappa shape index (κ3) is 4.52. The predicted molar refractivity (Wildman–Crippen MR) is 96.3 cm³/mol. The minimum absolute atomic E-state index is 0.716. The second-order valence-corrected chi connectivity index (χ2v) is 5.39. The van der Waals surface area contributed by atoms with Crippen LogP contribution in [-0.4, -0.2) is 0 Å². The fourth-order valence-corrected chi connectivity index (χ4v) is 2.14. The van der Waals surface area contributed by atoms with Crippen molar-refractivity contribution in [3.05, 3.63) is 106 Å². The molecule has 108 valence electrons. The van der Waals surface area contributed by atoms with Gasteiger partial charge >= 0.3 is 0 Å². The second kappa shape index (κ2) is 7.37. The molecule has 0 nitrogen and oxygen atoms in total. The minimum Gasteiger partial charge on any atom is -0.0843 e. The van der Waals surface area contributed by atoms with Gasteiger partial charge in [0, 0.05) is 27.3 Å². The van der Waals surface area contributed by atoms with E-state index in [4.69, 9.17) is 11.6 Å². The summed E-state index contributed by atoms with van der Waals surface area (Å²) in [4.78, 5) is 0. The Bertz CT molecular complexity index is 915. The van der Waals surface area contributed by atoms with Crippen LogP contribution in [0.5, 0.6) is 0 Å². The SMILES string of the molecule is Clc1ccc(C#Cc2cccc(C#Cc3ccccc3)c2)cc1. The first kappa shape index (κ1) is 15.0. The van der Waals surface area contributed by atoms with Crippen molar-refractivity contribution in [1.82, 2.24) is 0 Å². The molecule has 0 fully saturated rings. The third-order valence-corrected chi connectivity index (χ3v) is 3.43. The van der Waals surface area contributed by atoms with Crippen molar-refractivity contribution in [2.24, 2.45) is 0 Å². The van der Waals surface area contributed by atoms with Crippen LogP contribution in [0.4, 0.5) is 0 Å². The summed E-state index contributed by atoms with van der Waals surface area (Å²) in [6.45, 7) is 0. The third-order valence-electron chi connectivity index (χ3n) is 3.18. The summed E-state index contributed by atoms with van der Waals surface area (Å²) in [7, 11) is 0. The van der Waals surface area contributed by atoms with Gasteiger partial charge in [-0.1, -0.05) is 59.5 Å². The summed E-state index contributed by atoms with van der Waals surface area (Å²) < 4.78 is 0. The van der Waals surface area contributed by atoms with Crippen LogP contribution < -0.4 is 0 Å². The molecule has 0 saturated carbocycles. The average Bonchev–Trinajstić information content (AvgIpc) is 2.61. The van der Waals surface area contributed by atoms with Crippen LogP contribution in [0.1, 0.15) is 22.3 Å². The van der Waals surface area contributed by atoms with Crippen molar-refractivity contribution in [2.45, 2.75) is 0 Å². The van der Waals surface area contributed by atoms with E-state index in [0.29, 0.717) is 5.02 Å². The van der Waals surface area contributed by atoms with Crippen molar-refractivity contribution in [1.29, 1.82) is 0 Å². The van der Waals surface area contributed by atoms with E-state index in [0.717, 1.165) is 22.3 Å². The molecule has 0 amide bonds. The number of hydrogen-bond acceptors (Lipinski definition) is 0. The molecule has 0 unspecified atom stereocenters. The van der Waals surface area contributed by atoms with Gasteiger partial charge in [-0.3, -0.25) is 0 Å². The highest BCUT2D eigenvalue weighted by Gasteiger charge is 1.91. The van der Waals surface area contributed by atoms with Crippen molar-refractivity contribution in [3.63, 3.8) is 0 Å². The molecule has 0 atom stereocenters. The maximum Gasteiger partial charge on any atom is 0.0406 e. The van der Waals surface area contributed by atoms with Crippen LogP contribution in [0, 0.1) is 23.7 Å². The van der Waals surface area contributed by atoms with E-state index in [2.05, 4.69) is 23.7 Å². The van der Waals surface area contributed by atoms with Gasteiger partial charge in [-0.15, -0.1) is 0 Å². The Morgan fingerprint density at radius 3 is 1.57 bits per heavy atom. The lowest BCUT2D eigenvalue weighted by Gasteiger charge is -1.94. The highest BCUT2D eigenvalue weighted by Crippen LogP contribution is 2.09. The topological polar surface area (TPSA) is 0 Å². The number of halogens is 1. The molecule has 1 heteroatoms. The predicted octanol–water partition coefficient (Wildman–Crippen LogP) is 5.14. The van der Waals surface area contributed by atoms with Gasteiger partial charge in [0.25, 0.3) is 0 Å². The van der Waals surface area contributed by atoms with Gasteiger partial charge in [-0.25, -0.2) is 0 Å². The molecule has 0 aliphatic carbocycles. The van der Waals surface area contributed by atoms with Gasteiger partial charge in [0.15, 0.2) is 0 Å². The first-order valence-corrected chi connectivity index (χ1v) is 7.62. The van der Waals surface area contributed by atoms with Gasteiger partial charge < -0.3 is 0 Å². The highest BCUT2D eigenvalue weighted by atomic mass is 35.5. The summed E-state index contributed by atoms with van der Waals surface area (Å²) in [5.74, 6) is 12.6. The van der Waals surface area contributed by atoms with Crippen LogP contribution in [0.25, 0.3) is 0 Å². The molecule has 0 bridgehead atoms. The fraction of sp³-hybridized carbons (Fsp3) is 0. The van der Waals surface area contributed by atoms with Gasteiger partial charge in [0.1, 0.15) is 0 Å². The molecule has 23 heavy (non-hydrogen) atoms. The lowest BCUT2D eigenvalue weighted by atomic mass is 10.1. The number of hydrogen-bond donors (Lipinski definition) is 0. The fourth-order valence-electron chi connectivity index (χ4n) is 2.02. The van der Waals surface area contributed by atoms with Crippen LogP contribution in [0.3, 0.4) is 0 Å². The second-order valence-electron chi connectivity index (χ2n) is 4.95. The van der Waals surface area contributed by atoms with E-state index in [-0.39, 0.29) is 0 Å². The van der Waals surface area contributed by atoms with Crippen molar-refractivity contribution >= 4 is 11.6 Å². The van der Waals surface area contributed by atoms with E-state index < -0.39 is 0 Å². The molecule has 0 aromatic heterocycles. The molecule has 0 aliphatic rings. The molecular formula is C22H13Cl. The number of benzene rings is 3. The van der Waals surface area contributed by atoms with E-state index in [1.807, 2.05) is 78.9 Å². The molecule has 0 heterocycles. The van der Waals surface area contributed by atoms with E-state index >= 15 is 0 Å². The summed E-state index contributed by atoms with van der Waals surface area (Å²) >= 11 is 5.87. The Morgan fingerprint density at radius 2 is 0.957 bits per heavy atom. The Kier molecular flexibility index (Phi) is 4.80. The van der Waals surface area contributed by atoms with Crippen LogP contribution in [0.15, 0.2) is 78.9 Å². The lowest BCUT2D eigenvalue weighted by molar-refractivity contribution is 1.58. The molecule has 0 aliphatic heterocycles. The van der Waals surface area contributed by atoms with Gasteiger partial charge in [-0.05, 0) is 54.6 Å².